The van der Waals surface area contributed by atoms with Crippen molar-refractivity contribution in [2.45, 2.75) is 25.7 Å². The van der Waals surface area contributed by atoms with Crippen LogP contribution >= 0.6 is 11.8 Å². The van der Waals surface area contributed by atoms with Crippen molar-refractivity contribution in [3.63, 3.8) is 0 Å². The van der Waals surface area contributed by atoms with E-state index in [4.69, 9.17) is 5.73 Å². The SMILES string of the molecule is Cc1ccc(N)c(SCC(=O)Nc2c(C)nn(C)c2C)c1. The fraction of sp³-hybridized carbons (Fsp3) is 0.333. The first-order chi connectivity index (χ1) is 9.88. The summed E-state index contributed by atoms with van der Waals surface area (Å²) in [6.07, 6.45) is 0. The number of nitrogens with two attached hydrogens (primary N) is 1. The van der Waals surface area contributed by atoms with E-state index in [9.17, 15) is 4.79 Å². The lowest BCUT2D eigenvalue weighted by Gasteiger charge is -2.08. The summed E-state index contributed by atoms with van der Waals surface area (Å²) < 4.78 is 1.76. The molecule has 3 N–H and O–H groups in total. The molecule has 0 aliphatic heterocycles. The van der Waals surface area contributed by atoms with Crippen LogP contribution in [-0.2, 0) is 11.8 Å². The molecule has 1 aromatic heterocycles. The second-order valence-electron chi connectivity index (χ2n) is 5.05. The van der Waals surface area contributed by atoms with Gasteiger partial charge in [0.1, 0.15) is 0 Å². The Kier molecular flexibility index (Phi) is 4.57. The average Bonchev–Trinajstić information content (AvgIpc) is 2.66. The largest absolute Gasteiger partial charge is 0.398 e. The maximum atomic E-state index is 12.1. The molecular formula is C15H20N4OS. The predicted octanol–water partition coefficient (Wildman–Crippen LogP) is 2.66. The monoisotopic (exact) mass is 304 g/mol. The minimum Gasteiger partial charge on any atom is -0.398 e. The molecule has 0 unspecified atom stereocenters. The molecule has 112 valence electrons. The molecule has 0 spiro atoms. The van der Waals surface area contributed by atoms with Crippen LogP contribution in [0.3, 0.4) is 0 Å². The van der Waals surface area contributed by atoms with Gasteiger partial charge in [0.15, 0.2) is 0 Å². The lowest BCUT2D eigenvalue weighted by Crippen LogP contribution is -2.15. The summed E-state index contributed by atoms with van der Waals surface area (Å²) in [6.45, 7) is 5.82. The number of nitrogens with one attached hydrogen (secondary N) is 1. The molecule has 0 saturated heterocycles. The minimum atomic E-state index is -0.0555. The van der Waals surface area contributed by atoms with Crippen molar-refractivity contribution < 1.29 is 4.79 Å². The molecule has 2 aromatic rings. The van der Waals surface area contributed by atoms with E-state index >= 15 is 0 Å². The normalized spacial score (nSPS) is 10.7. The van der Waals surface area contributed by atoms with Crippen LogP contribution in [0.25, 0.3) is 0 Å². The molecule has 0 fully saturated rings. The average molecular weight is 304 g/mol. The fourth-order valence-electron chi connectivity index (χ4n) is 2.04. The van der Waals surface area contributed by atoms with Gasteiger partial charge in [0, 0.05) is 17.6 Å². The lowest BCUT2D eigenvalue weighted by molar-refractivity contribution is -0.113. The zero-order chi connectivity index (χ0) is 15.6. The van der Waals surface area contributed by atoms with Gasteiger partial charge in [0.25, 0.3) is 0 Å². The molecule has 1 heterocycles. The van der Waals surface area contributed by atoms with Gasteiger partial charge in [-0.1, -0.05) is 6.07 Å². The number of thioether (sulfide) groups is 1. The number of amides is 1. The second kappa shape index (κ2) is 6.22. The Balaban J connectivity index is 2.01. The van der Waals surface area contributed by atoms with Gasteiger partial charge < -0.3 is 11.1 Å². The van der Waals surface area contributed by atoms with Crippen LogP contribution < -0.4 is 11.1 Å². The number of aromatic nitrogens is 2. The number of hydrogen-bond donors (Lipinski definition) is 2. The number of nitrogens with zero attached hydrogens (tertiary/aromatic N) is 2. The molecule has 0 aliphatic rings. The zero-order valence-electron chi connectivity index (χ0n) is 12.7. The third kappa shape index (κ3) is 3.58. The van der Waals surface area contributed by atoms with Crippen LogP contribution in [0, 0.1) is 20.8 Å². The molecular weight excluding hydrogens is 284 g/mol. The van der Waals surface area contributed by atoms with Crippen molar-refractivity contribution in [1.82, 2.24) is 9.78 Å². The number of hydrogen-bond acceptors (Lipinski definition) is 4. The maximum absolute atomic E-state index is 12.1. The van der Waals surface area contributed by atoms with Crippen LogP contribution in [0.4, 0.5) is 11.4 Å². The van der Waals surface area contributed by atoms with Crippen molar-refractivity contribution in [2.75, 3.05) is 16.8 Å². The molecule has 0 atom stereocenters. The van der Waals surface area contributed by atoms with Crippen LogP contribution in [0.2, 0.25) is 0 Å². The van der Waals surface area contributed by atoms with Gasteiger partial charge in [0.2, 0.25) is 5.91 Å². The number of aryl methyl sites for hydroxylation is 3. The molecule has 5 nitrogen and oxygen atoms in total. The van der Waals surface area contributed by atoms with Crippen LogP contribution in [0.5, 0.6) is 0 Å². The van der Waals surface area contributed by atoms with E-state index in [1.807, 2.05) is 46.0 Å². The van der Waals surface area contributed by atoms with E-state index in [-0.39, 0.29) is 5.91 Å². The van der Waals surface area contributed by atoms with E-state index < -0.39 is 0 Å². The number of carbonyl (C=O) groups excluding carboxylic acids is 1. The van der Waals surface area contributed by atoms with Crippen LogP contribution in [-0.4, -0.2) is 21.4 Å². The van der Waals surface area contributed by atoms with Gasteiger partial charge in [-0.2, -0.15) is 5.10 Å². The van der Waals surface area contributed by atoms with E-state index in [0.29, 0.717) is 11.4 Å². The first-order valence-electron chi connectivity index (χ1n) is 6.67. The summed E-state index contributed by atoms with van der Waals surface area (Å²) in [5.74, 6) is 0.265. The molecule has 1 aromatic carbocycles. The Hall–Kier alpha value is -1.95. The smallest absolute Gasteiger partial charge is 0.234 e. The number of benzene rings is 1. The Morgan fingerprint density at radius 3 is 2.71 bits per heavy atom. The zero-order valence-corrected chi connectivity index (χ0v) is 13.5. The number of carbonyl (C=O) groups is 1. The molecule has 0 saturated carbocycles. The molecule has 0 radical (unpaired) electrons. The van der Waals surface area contributed by atoms with Gasteiger partial charge in [-0.25, -0.2) is 0 Å². The lowest BCUT2D eigenvalue weighted by atomic mass is 10.2. The third-order valence-corrected chi connectivity index (χ3v) is 4.37. The topological polar surface area (TPSA) is 72.9 Å². The highest BCUT2D eigenvalue weighted by atomic mass is 32.2. The van der Waals surface area contributed by atoms with Crippen molar-refractivity contribution in [2.24, 2.45) is 7.05 Å². The summed E-state index contributed by atoms with van der Waals surface area (Å²) in [7, 11) is 1.86. The van der Waals surface area contributed by atoms with Crippen LogP contribution in [0.1, 0.15) is 17.0 Å². The van der Waals surface area contributed by atoms with E-state index in [2.05, 4.69) is 10.4 Å². The summed E-state index contributed by atoms with van der Waals surface area (Å²) in [6, 6.07) is 5.82. The standard InChI is InChI=1S/C15H20N4OS/c1-9-5-6-12(16)13(7-9)21-8-14(20)17-15-10(2)18-19(4)11(15)3/h5-7H,8,16H2,1-4H3,(H,17,20). The molecule has 2 rings (SSSR count). The predicted molar refractivity (Wildman–Crippen MR) is 87.6 cm³/mol. The second-order valence-corrected chi connectivity index (χ2v) is 6.06. The van der Waals surface area contributed by atoms with Crippen molar-refractivity contribution in [3.05, 3.63) is 35.2 Å². The summed E-state index contributed by atoms with van der Waals surface area (Å²) >= 11 is 1.44. The first kappa shape index (κ1) is 15.4. The Morgan fingerprint density at radius 2 is 2.10 bits per heavy atom. The summed E-state index contributed by atoms with van der Waals surface area (Å²) in [5, 5.41) is 7.20. The summed E-state index contributed by atoms with van der Waals surface area (Å²) in [4.78, 5) is 13.0. The number of anilines is 2. The van der Waals surface area contributed by atoms with Gasteiger partial charge in [0.05, 0.1) is 22.8 Å². The summed E-state index contributed by atoms with van der Waals surface area (Å²) in [5.41, 5.74) is 10.3. The Morgan fingerprint density at radius 1 is 1.38 bits per heavy atom. The molecule has 0 aliphatic carbocycles. The maximum Gasteiger partial charge on any atom is 0.234 e. The fourth-order valence-corrected chi connectivity index (χ4v) is 2.90. The van der Waals surface area contributed by atoms with Crippen molar-refractivity contribution >= 4 is 29.0 Å². The molecule has 21 heavy (non-hydrogen) atoms. The number of nitrogen functional groups attached to an aromatic ring is 1. The van der Waals surface area contributed by atoms with Gasteiger partial charge in [-0.15, -0.1) is 11.8 Å². The van der Waals surface area contributed by atoms with Gasteiger partial charge in [-0.3, -0.25) is 9.48 Å². The molecule has 6 heteroatoms. The highest BCUT2D eigenvalue weighted by Crippen LogP contribution is 2.26. The Bertz CT molecular complexity index is 679. The van der Waals surface area contributed by atoms with Crippen molar-refractivity contribution in [1.29, 1.82) is 0 Å². The van der Waals surface area contributed by atoms with Gasteiger partial charge >= 0.3 is 0 Å². The first-order valence-corrected chi connectivity index (χ1v) is 7.66. The van der Waals surface area contributed by atoms with Crippen molar-refractivity contribution in [3.8, 4) is 0 Å². The molecule has 1 amide bonds. The van der Waals surface area contributed by atoms with E-state index in [0.717, 1.165) is 27.5 Å². The third-order valence-electron chi connectivity index (χ3n) is 3.30. The molecule has 0 bridgehead atoms. The highest BCUT2D eigenvalue weighted by molar-refractivity contribution is 8.00. The highest BCUT2D eigenvalue weighted by Gasteiger charge is 2.13. The van der Waals surface area contributed by atoms with Crippen LogP contribution in [0.15, 0.2) is 23.1 Å². The minimum absolute atomic E-state index is 0.0555. The van der Waals surface area contributed by atoms with Gasteiger partial charge in [-0.05, 0) is 38.5 Å². The Labute approximate surface area is 128 Å². The van der Waals surface area contributed by atoms with E-state index in [1.165, 1.54) is 11.8 Å². The number of rotatable bonds is 4. The quantitative estimate of drug-likeness (QED) is 0.673. The van der Waals surface area contributed by atoms with E-state index in [1.54, 1.807) is 4.68 Å².